The number of rotatable bonds is 2. The number of benzene rings is 1. The van der Waals surface area contributed by atoms with Gasteiger partial charge in [-0.05, 0) is 73.3 Å². The molecule has 0 saturated carbocycles. The van der Waals surface area contributed by atoms with Crippen LogP contribution in [-0.2, 0) is 4.74 Å². The Kier molecular flexibility index (Phi) is 5.22. The molecule has 0 aliphatic heterocycles. The molecule has 0 bridgehead atoms. The summed E-state index contributed by atoms with van der Waals surface area (Å²) >= 11 is 0. The Hall–Kier alpha value is -1.96. The number of hydrogen-bond donors (Lipinski definition) is 1. The summed E-state index contributed by atoms with van der Waals surface area (Å²) in [5, 5.41) is 0. The third-order valence-electron chi connectivity index (χ3n) is 5.08. The van der Waals surface area contributed by atoms with Crippen molar-refractivity contribution in [3.05, 3.63) is 65.0 Å². The molecule has 122 valence electrons. The van der Waals surface area contributed by atoms with Crippen molar-refractivity contribution in [3.63, 3.8) is 0 Å². The first kappa shape index (κ1) is 15.9. The monoisotopic (exact) mass is 309 g/mol. The topological polar surface area (TPSA) is 35.2 Å². The molecule has 1 atom stereocenters. The van der Waals surface area contributed by atoms with Gasteiger partial charge in [-0.15, -0.1) is 0 Å². The third kappa shape index (κ3) is 3.87. The van der Waals surface area contributed by atoms with Crippen LogP contribution in [0.5, 0.6) is 0 Å². The summed E-state index contributed by atoms with van der Waals surface area (Å²) in [6, 6.07) is 8.38. The van der Waals surface area contributed by atoms with E-state index in [1.165, 1.54) is 42.4 Å². The molecule has 23 heavy (non-hydrogen) atoms. The van der Waals surface area contributed by atoms with Crippen LogP contribution < -0.4 is 5.73 Å². The van der Waals surface area contributed by atoms with Gasteiger partial charge < -0.3 is 10.5 Å². The van der Waals surface area contributed by atoms with E-state index in [2.05, 4.69) is 30.4 Å². The van der Waals surface area contributed by atoms with Crippen LogP contribution in [0, 0.1) is 0 Å². The molecule has 0 heterocycles. The van der Waals surface area contributed by atoms with Gasteiger partial charge in [-0.25, -0.2) is 0 Å². The smallest absolute Gasteiger partial charge is 0.0995 e. The summed E-state index contributed by atoms with van der Waals surface area (Å²) in [6.07, 6.45) is 14.9. The number of nitrogens with two attached hydrogens (primary N) is 1. The highest BCUT2D eigenvalue weighted by Gasteiger charge is 2.17. The minimum Gasteiger partial charge on any atom is -0.501 e. The molecule has 2 nitrogen and oxygen atoms in total. The lowest BCUT2D eigenvalue weighted by molar-refractivity contribution is 0.284. The molecule has 0 fully saturated rings. The molecule has 0 radical (unpaired) electrons. The number of ether oxygens (including phenoxy) is 1. The number of allylic oxidation sites excluding steroid dienone is 5. The molecule has 1 aromatic rings. The van der Waals surface area contributed by atoms with Crippen molar-refractivity contribution in [1.82, 2.24) is 0 Å². The number of anilines is 1. The van der Waals surface area contributed by atoms with E-state index in [1.54, 1.807) is 7.11 Å². The van der Waals surface area contributed by atoms with Crippen molar-refractivity contribution in [2.45, 2.75) is 50.9 Å². The molecular weight excluding hydrogens is 282 g/mol. The molecule has 3 rings (SSSR count). The molecule has 1 unspecified atom stereocenters. The molecule has 2 aliphatic rings. The lowest BCUT2D eigenvalue weighted by Gasteiger charge is -2.18. The van der Waals surface area contributed by atoms with E-state index >= 15 is 0 Å². The maximum Gasteiger partial charge on any atom is 0.0995 e. The standard InChI is InChI=1S/C21H27NO/c1-23-19-12-6-8-16-7-4-9-17(10-5-11-18(16)15-19)20-13-2-3-14-21(20)22/h2-3,6,8,13-15,17H,4-5,7,9-12,22H2,1H3. The predicted octanol–water partition coefficient (Wildman–Crippen LogP) is 5.49. The van der Waals surface area contributed by atoms with Crippen LogP contribution in [0.2, 0.25) is 0 Å². The molecule has 0 spiro atoms. The van der Waals surface area contributed by atoms with Gasteiger partial charge in [0.1, 0.15) is 0 Å². The molecule has 0 saturated heterocycles. The third-order valence-corrected chi connectivity index (χ3v) is 5.08. The SMILES string of the molecule is COC1=CC2=C(C=CC1)CCCC(c1ccccc1N)CCC2. The molecule has 0 amide bonds. The number of para-hydroxylation sites is 1. The zero-order valence-electron chi connectivity index (χ0n) is 14.1. The number of nitrogen functional groups attached to an aromatic ring is 1. The van der Waals surface area contributed by atoms with Crippen LogP contribution in [0.25, 0.3) is 0 Å². The van der Waals surface area contributed by atoms with E-state index in [0.717, 1.165) is 30.7 Å². The quantitative estimate of drug-likeness (QED) is 0.733. The Bertz CT molecular complexity index is 639. The van der Waals surface area contributed by atoms with Crippen molar-refractivity contribution in [1.29, 1.82) is 0 Å². The highest BCUT2D eigenvalue weighted by atomic mass is 16.5. The Morgan fingerprint density at radius 1 is 1.04 bits per heavy atom. The average Bonchev–Trinajstić information content (AvgIpc) is 2.70. The number of hydrogen-bond acceptors (Lipinski definition) is 2. The lowest BCUT2D eigenvalue weighted by Crippen LogP contribution is -2.03. The van der Waals surface area contributed by atoms with Crippen molar-refractivity contribution in [3.8, 4) is 0 Å². The summed E-state index contributed by atoms with van der Waals surface area (Å²) in [4.78, 5) is 0. The Morgan fingerprint density at radius 3 is 2.52 bits per heavy atom. The molecule has 1 aromatic carbocycles. The lowest BCUT2D eigenvalue weighted by atomic mass is 9.88. The van der Waals surface area contributed by atoms with Gasteiger partial charge in [0.15, 0.2) is 0 Å². The zero-order valence-corrected chi connectivity index (χ0v) is 14.1. The normalized spacial score (nSPS) is 22.3. The van der Waals surface area contributed by atoms with Crippen LogP contribution in [0.4, 0.5) is 5.69 Å². The predicted molar refractivity (Wildman–Crippen MR) is 97.2 cm³/mol. The van der Waals surface area contributed by atoms with Crippen LogP contribution in [0.3, 0.4) is 0 Å². The molecule has 2 N–H and O–H groups in total. The van der Waals surface area contributed by atoms with Gasteiger partial charge in [0.25, 0.3) is 0 Å². The van der Waals surface area contributed by atoms with E-state index < -0.39 is 0 Å². The van der Waals surface area contributed by atoms with Crippen LogP contribution >= 0.6 is 0 Å². The van der Waals surface area contributed by atoms with Crippen molar-refractivity contribution < 1.29 is 4.74 Å². The van der Waals surface area contributed by atoms with Crippen LogP contribution in [-0.4, -0.2) is 7.11 Å². The van der Waals surface area contributed by atoms with Crippen molar-refractivity contribution in [2.75, 3.05) is 12.8 Å². The summed E-state index contributed by atoms with van der Waals surface area (Å²) in [5.41, 5.74) is 11.5. The average molecular weight is 309 g/mol. The molecule has 2 aliphatic carbocycles. The van der Waals surface area contributed by atoms with Gasteiger partial charge in [-0.3, -0.25) is 0 Å². The summed E-state index contributed by atoms with van der Waals surface area (Å²) in [7, 11) is 1.77. The minimum atomic E-state index is 0.592. The van der Waals surface area contributed by atoms with Crippen molar-refractivity contribution >= 4 is 5.69 Å². The molecule has 0 aromatic heterocycles. The van der Waals surface area contributed by atoms with E-state index in [1.807, 2.05) is 12.1 Å². The van der Waals surface area contributed by atoms with E-state index in [0.29, 0.717) is 5.92 Å². The van der Waals surface area contributed by atoms with Crippen LogP contribution in [0.1, 0.15) is 56.4 Å². The van der Waals surface area contributed by atoms with Crippen LogP contribution in [0.15, 0.2) is 59.4 Å². The minimum absolute atomic E-state index is 0.592. The van der Waals surface area contributed by atoms with Gasteiger partial charge in [-0.2, -0.15) is 0 Å². The summed E-state index contributed by atoms with van der Waals surface area (Å²) in [5.74, 6) is 1.67. The van der Waals surface area contributed by atoms with E-state index in [4.69, 9.17) is 10.5 Å². The van der Waals surface area contributed by atoms with Gasteiger partial charge >= 0.3 is 0 Å². The summed E-state index contributed by atoms with van der Waals surface area (Å²) in [6.45, 7) is 0. The van der Waals surface area contributed by atoms with E-state index in [-0.39, 0.29) is 0 Å². The number of methoxy groups -OCH3 is 1. The van der Waals surface area contributed by atoms with Gasteiger partial charge in [-0.1, -0.05) is 30.4 Å². The maximum absolute atomic E-state index is 6.21. The second-order valence-corrected chi connectivity index (χ2v) is 6.58. The first-order valence-electron chi connectivity index (χ1n) is 8.75. The first-order valence-corrected chi connectivity index (χ1v) is 8.75. The first-order chi connectivity index (χ1) is 11.3. The highest BCUT2D eigenvalue weighted by Crippen LogP contribution is 2.36. The fourth-order valence-electron chi connectivity index (χ4n) is 3.81. The fourth-order valence-corrected chi connectivity index (χ4v) is 3.81. The Balaban J connectivity index is 1.77. The highest BCUT2D eigenvalue weighted by molar-refractivity contribution is 5.48. The molecular formula is C21H27NO. The second-order valence-electron chi connectivity index (χ2n) is 6.58. The van der Waals surface area contributed by atoms with E-state index in [9.17, 15) is 0 Å². The Labute approximate surface area is 139 Å². The Morgan fingerprint density at radius 2 is 1.78 bits per heavy atom. The fraction of sp³-hybridized carbons (Fsp3) is 0.429. The molecule has 2 heteroatoms. The van der Waals surface area contributed by atoms with Crippen molar-refractivity contribution in [2.24, 2.45) is 0 Å². The van der Waals surface area contributed by atoms with Gasteiger partial charge in [0, 0.05) is 12.1 Å². The van der Waals surface area contributed by atoms with Gasteiger partial charge in [0.05, 0.1) is 12.9 Å². The largest absolute Gasteiger partial charge is 0.501 e. The van der Waals surface area contributed by atoms with Gasteiger partial charge in [0.2, 0.25) is 0 Å². The maximum atomic E-state index is 6.21. The second kappa shape index (κ2) is 7.54. The summed E-state index contributed by atoms with van der Waals surface area (Å²) < 4.78 is 5.49. The zero-order chi connectivity index (χ0) is 16.1.